The fourth-order valence-corrected chi connectivity index (χ4v) is 1.40. The van der Waals surface area contributed by atoms with Gasteiger partial charge in [-0.3, -0.25) is 0 Å². The molecule has 1 N–H and O–H groups in total. The molecule has 1 rings (SSSR count). The fourth-order valence-electron chi connectivity index (χ4n) is 0.650. The molecule has 4 heteroatoms. The van der Waals surface area contributed by atoms with Crippen LogP contribution in [0.15, 0.2) is 0 Å². The summed E-state index contributed by atoms with van der Waals surface area (Å²) in [5, 5.41) is 12.6. The average Bonchev–Trinajstić information content (AvgIpc) is 2.35. The monoisotopic (exact) mass is 181 g/mol. The van der Waals surface area contributed by atoms with E-state index >= 15 is 0 Å². The molecule has 0 aliphatic rings. The van der Waals surface area contributed by atoms with Gasteiger partial charge < -0.3 is 5.32 Å². The molecular formula is C8H11N3S. The van der Waals surface area contributed by atoms with Crippen molar-refractivity contribution >= 4 is 16.5 Å². The van der Waals surface area contributed by atoms with Crippen LogP contribution in [0, 0.1) is 19.3 Å². The van der Waals surface area contributed by atoms with Gasteiger partial charge in [-0.15, -0.1) is 16.6 Å². The van der Waals surface area contributed by atoms with Crippen molar-refractivity contribution in [1.82, 2.24) is 10.2 Å². The molecule has 1 heterocycles. The van der Waals surface area contributed by atoms with Crippen LogP contribution in [0.25, 0.3) is 0 Å². The summed E-state index contributed by atoms with van der Waals surface area (Å²) in [7, 11) is 0. The van der Waals surface area contributed by atoms with Crippen molar-refractivity contribution in [3.63, 3.8) is 0 Å². The highest BCUT2D eigenvalue weighted by Gasteiger charge is 2.14. The van der Waals surface area contributed by atoms with Crippen LogP contribution in [0.4, 0.5) is 5.13 Å². The largest absolute Gasteiger partial charge is 0.344 e. The molecule has 64 valence electrons. The molecule has 0 saturated heterocycles. The Morgan fingerprint density at radius 1 is 1.50 bits per heavy atom. The van der Waals surface area contributed by atoms with Gasteiger partial charge in [0.05, 0.1) is 5.54 Å². The highest BCUT2D eigenvalue weighted by atomic mass is 32.1. The Hall–Kier alpha value is -1.08. The molecule has 1 aromatic rings. The van der Waals surface area contributed by atoms with Gasteiger partial charge in [-0.1, -0.05) is 17.3 Å². The SMILES string of the molecule is C#CC(C)(C)Nc1nnc(C)s1. The first-order chi connectivity index (χ1) is 5.53. The predicted octanol–water partition coefficient (Wildman–Crippen LogP) is 1.67. The Kier molecular flexibility index (Phi) is 2.34. The number of hydrogen-bond donors (Lipinski definition) is 1. The fraction of sp³-hybridized carbons (Fsp3) is 0.500. The molecule has 1 aromatic heterocycles. The summed E-state index contributed by atoms with van der Waals surface area (Å²) in [6, 6.07) is 0. The second-order valence-corrected chi connectivity index (χ2v) is 4.20. The summed E-state index contributed by atoms with van der Waals surface area (Å²) >= 11 is 1.50. The first kappa shape index (κ1) is 9.01. The van der Waals surface area contributed by atoms with Crippen LogP contribution < -0.4 is 5.32 Å². The van der Waals surface area contributed by atoms with Gasteiger partial charge in [-0.05, 0) is 20.8 Å². The van der Waals surface area contributed by atoms with Crippen LogP contribution in [0.2, 0.25) is 0 Å². The van der Waals surface area contributed by atoms with E-state index in [0.717, 1.165) is 10.1 Å². The molecule has 3 nitrogen and oxygen atoms in total. The lowest BCUT2D eigenvalue weighted by atomic mass is 10.1. The summed E-state index contributed by atoms with van der Waals surface area (Å²) in [5.41, 5.74) is -0.355. The Labute approximate surface area is 76.2 Å². The summed E-state index contributed by atoms with van der Waals surface area (Å²) in [5.74, 6) is 2.63. The van der Waals surface area contributed by atoms with Gasteiger partial charge in [0.2, 0.25) is 5.13 Å². The third kappa shape index (κ3) is 2.21. The summed E-state index contributed by atoms with van der Waals surface area (Å²) in [6.07, 6.45) is 5.30. The van der Waals surface area contributed by atoms with E-state index < -0.39 is 0 Å². The van der Waals surface area contributed by atoms with Crippen LogP contribution >= 0.6 is 11.3 Å². The molecule has 0 amide bonds. The maximum atomic E-state index is 5.30. The second-order valence-electron chi connectivity index (χ2n) is 3.02. The summed E-state index contributed by atoms with van der Waals surface area (Å²) in [4.78, 5) is 0. The lowest BCUT2D eigenvalue weighted by Gasteiger charge is -2.17. The molecule has 12 heavy (non-hydrogen) atoms. The summed E-state index contributed by atoms with van der Waals surface area (Å²) < 4.78 is 0. The minimum absolute atomic E-state index is 0.355. The van der Waals surface area contributed by atoms with E-state index in [1.165, 1.54) is 11.3 Å². The molecule has 0 aliphatic carbocycles. The highest BCUT2D eigenvalue weighted by molar-refractivity contribution is 7.15. The number of terminal acetylenes is 1. The molecule has 0 spiro atoms. The maximum Gasteiger partial charge on any atom is 0.206 e. The van der Waals surface area contributed by atoms with Crippen molar-refractivity contribution in [3.05, 3.63) is 5.01 Å². The Morgan fingerprint density at radius 2 is 2.17 bits per heavy atom. The van der Waals surface area contributed by atoms with E-state index in [1.807, 2.05) is 20.8 Å². The van der Waals surface area contributed by atoms with E-state index in [-0.39, 0.29) is 5.54 Å². The van der Waals surface area contributed by atoms with Gasteiger partial charge in [0.15, 0.2) is 0 Å². The number of aromatic nitrogens is 2. The number of rotatable bonds is 2. The normalized spacial score (nSPS) is 10.8. The first-order valence-electron chi connectivity index (χ1n) is 3.59. The van der Waals surface area contributed by atoms with E-state index in [2.05, 4.69) is 21.4 Å². The van der Waals surface area contributed by atoms with Crippen LogP contribution in [-0.4, -0.2) is 15.7 Å². The van der Waals surface area contributed by atoms with E-state index in [1.54, 1.807) is 0 Å². The zero-order valence-electron chi connectivity index (χ0n) is 7.38. The van der Waals surface area contributed by atoms with Crippen molar-refractivity contribution in [1.29, 1.82) is 0 Å². The number of hydrogen-bond acceptors (Lipinski definition) is 4. The van der Waals surface area contributed by atoms with Crippen molar-refractivity contribution in [2.45, 2.75) is 26.3 Å². The minimum atomic E-state index is -0.355. The van der Waals surface area contributed by atoms with Gasteiger partial charge in [0, 0.05) is 0 Å². The summed E-state index contributed by atoms with van der Waals surface area (Å²) in [6.45, 7) is 5.75. The first-order valence-corrected chi connectivity index (χ1v) is 4.41. The van der Waals surface area contributed by atoms with Crippen LogP contribution in [0.5, 0.6) is 0 Å². The standard InChI is InChI=1S/C8H11N3S/c1-5-8(3,4)9-7-11-10-6(2)12-7/h1H,2-4H3,(H,9,11). The molecular weight excluding hydrogens is 170 g/mol. The Balaban J connectivity index is 2.72. The molecule has 0 unspecified atom stereocenters. The lowest BCUT2D eigenvalue weighted by Crippen LogP contribution is -2.28. The van der Waals surface area contributed by atoms with Gasteiger partial charge in [-0.2, -0.15) is 0 Å². The van der Waals surface area contributed by atoms with Crippen LogP contribution in [0.1, 0.15) is 18.9 Å². The Bertz CT molecular complexity index is 308. The number of aryl methyl sites for hydroxylation is 1. The van der Waals surface area contributed by atoms with Gasteiger partial charge in [-0.25, -0.2) is 0 Å². The van der Waals surface area contributed by atoms with Gasteiger partial charge >= 0.3 is 0 Å². The molecule has 0 bridgehead atoms. The quantitative estimate of drug-likeness (QED) is 0.705. The molecule has 0 saturated carbocycles. The number of nitrogens with one attached hydrogen (secondary N) is 1. The van der Waals surface area contributed by atoms with Gasteiger partial charge in [0.1, 0.15) is 5.01 Å². The van der Waals surface area contributed by atoms with Crippen molar-refractivity contribution in [2.24, 2.45) is 0 Å². The van der Waals surface area contributed by atoms with Crippen molar-refractivity contribution < 1.29 is 0 Å². The van der Waals surface area contributed by atoms with Crippen molar-refractivity contribution in [2.75, 3.05) is 5.32 Å². The van der Waals surface area contributed by atoms with Gasteiger partial charge in [0.25, 0.3) is 0 Å². The third-order valence-electron chi connectivity index (χ3n) is 1.31. The lowest BCUT2D eigenvalue weighted by molar-refractivity contribution is 0.737. The Morgan fingerprint density at radius 3 is 2.58 bits per heavy atom. The smallest absolute Gasteiger partial charge is 0.206 e. The van der Waals surface area contributed by atoms with Crippen molar-refractivity contribution in [3.8, 4) is 12.3 Å². The highest BCUT2D eigenvalue weighted by Crippen LogP contribution is 2.18. The second kappa shape index (κ2) is 3.11. The average molecular weight is 181 g/mol. The van der Waals surface area contributed by atoms with Crippen LogP contribution in [0.3, 0.4) is 0 Å². The number of anilines is 1. The van der Waals surface area contributed by atoms with E-state index in [0.29, 0.717) is 0 Å². The zero-order chi connectivity index (χ0) is 9.19. The number of nitrogens with zero attached hydrogens (tertiary/aromatic N) is 2. The maximum absolute atomic E-state index is 5.30. The van der Waals surface area contributed by atoms with E-state index in [9.17, 15) is 0 Å². The third-order valence-corrected chi connectivity index (χ3v) is 2.06. The zero-order valence-corrected chi connectivity index (χ0v) is 8.20. The molecule has 0 aromatic carbocycles. The van der Waals surface area contributed by atoms with E-state index in [4.69, 9.17) is 6.42 Å². The minimum Gasteiger partial charge on any atom is -0.344 e. The molecule has 0 atom stereocenters. The topological polar surface area (TPSA) is 37.8 Å². The van der Waals surface area contributed by atoms with Crippen LogP contribution in [-0.2, 0) is 0 Å². The molecule has 0 fully saturated rings. The molecule has 0 radical (unpaired) electrons. The predicted molar refractivity (Wildman–Crippen MR) is 51.2 cm³/mol. The molecule has 0 aliphatic heterocycles.